The van der Waals surface area contributed by atoms with Crippen LogP contribution in [0.4, 0.5) is 0 Å². The molecular formula is C26H26N6S. The van der Waals surface area contributed by atoms with Gasteiger partial charge in [0.1, 0.15) is 0 Å². The third-order valence-corrected chi connectivity index (χ3v) is 6.60. The van der Waals surface area contributed by atoms with Crippen LogP contribution in [-0.4, -0.2) is 29.5 Å². The summed E-state index contributed by atoms with van der Waals surface area (Å²) >= 11 is 5.83. The fourth-order valence-corrected chi connectivity index (χ4v) is 4.93. The molecule has 0 amide bonds. The van der Waals surface area contributed by atoms with Crippen molar-refractivity contribution >= 4 is 17.3 Å². The van der Waals surface area contributed by atoms with Crippen molar-refractivity contribution < 1.29 is 0 Å². The summed E-state index contributed by atoms with van der Waals surface area (Å²) in [4.78, 5) is 15.7. The van der Waals surface area contributed by atoms with Crippen molar-refractivity contribution in [3.63, 3.8) is 0 Å². The van der Waals surface area contributed by atoms with Crippen molar-refractivity contribution in [2.75, 3.05) is 0 Å². The van der Waals surface area contributed by atoms with Gasteiger partial charge in [-0.05, 0) is 73.6 Å². The average Bonchev–Trinajstić information content (AvgIpc) is 3.31. The second-order valence-electron chi connectivity index (χ2n) is 8.35. The van der Waals surface area contributed by atoms with Crippen molar-refractivity contribution in [3.05, 3.63) is 113 Å². The van der Waals surface area contributed by atoms with E-state index in [-0.39, 0.29) is 12.1 Å². The quantitative estimate of drug-likeness (QED) is 0.433. The number of hydrogen-bond donors (Lipinski definition) is 1. The van der Waals surface area contributed by atoms with Gasteiger partial charge in [-0.25, -0.2) is 0 Å². The predicted molar refractivity (Wildman–Crippen MR) is 132 cm³/mol. The van der Waals surface area contributed by atoms with Gasteiger partial charge in [-0.3, -0.25) is 15.0 Å². The van der Waals surface area contributed by atoms with Crippen LogP contribution >= 0.6 is 12.2 Å². The average molecular weight is 455 g/mol. The Morgan fingerprint density at radius 2 is 1.76 bits per heavy atom. The first-order valence-corrected chi connectivity index (χ1v) is 11.5. The van der Waals surface area contributed by atoms with Gasteiger partial charge in [0.05, 0.1) is 30.0 Å². The lowest BCUT2D eigenvalue weighted by atomic mass is 9.96. The van der Waals surface area contributed by atoms with Gasteiger partial charge in [0.25, 0.3) is 0 Å². The van der Waals surface area contributed by atoms with Gasteiger partial charge in [0.2, 0.25) is 0 Å². The molecule has 1 aliphatic rings. The number of thiocarbonyl (C=S) groups is 1. The fourth-order valence-electron chi connectivity index (χ4n) is 4.63. The van der Waals surface area contributed by atoms with Crippen LogP contribution in [0, 0.1) is 13.8 Å². The number of hydrogen-bond acceptors (Lipinski definition) is 4. The van der Waals surface area contributed by atoms with Crippen molar-refractivity contribution in [3.8, 4) is 0 Å². The molecule has 0 bridgehead atoms. The Morgan fingerprint density at radius 1 is 0.939 bits per heavy atom. The molecule has 0 radical (unpaired) electrons. The summed E-state index contributed by atoms with van der Waals surface area (Å²) in [6.45, 7) is 5.76. The van der Waals surface area contributed by atoms with Crippen LogP contribution in [0.3, 0.4) is 0 Å². The maximum atomic E-state index is 5.83. The van der Waals surface area contributed by atoms with E-state index in [1.165, 1.54) is 22.5 Å². The first-order chi connectivity index (χ1) is 16.1. The molecule has 4 aromatic rings. The summed E-state index contributed by atoms with van der Waals surface area (Å²) < 4.78 is 2.35. The van der Waals surface area contributed by atoms with Crippen LogP contribution in [-0.2, 0) is 13.1 Å². The third kappa shape index (κ3) is 4.24. The van der Waals surface area contributed by atoms with Gasteiger partial charge in [0, 0.05) is 42.7 Å². The maximum absolute atomic E-state index is 5.83. The second kappa shape index (κ2) is 9.11. The zero-order valence-electron chi connectivity index (χ0n) is 18.7. The Labute approximate surface area is 199 Å². The zero-order chi connectivity index (χ0) is 22.8. The van der Waals surface area contributed by atoms with E-state index in [0.717, 1.165) is 23.0 Å². The first kappa shape index (κ1) is 21.3. The minimum atomic E-state index is -0.0465. The van der Waals surface area contributed by atoms with E-state index in [0.29, 0.717) is 6.54 Å². The summed E-state index contributed by atoms with van der Waals surface area (Å²) in [7, 11) is 0. The summed E-state index contributed by atoms with van der Waals surface area (Å²) in [6.07, 6.45) is 7.40. The molecule has 166 valence electrons. The molecule has 5 heterocycles. The summed E-state index contributed by atoms with van der Waals surface area (Å²) in [6, 6.07) is 18.4. The second-order valence-corrected chi connectivity index (χ2v) is 8.74. The highest BCUT2D eigenvalue weighted by Crippen LogP contribution is 2.41. The van der Waals surface area contributed by atoms with Crippen molar-refractivity contribution in [1.82, 2.24) is 29.7 Å². The smallest absolute Gasteiger partial charge is 0.170 e. The van der Waals surface area contributed by atoms with Crippen molar-refractivity contribution in [1.29, 1.82) is 0 Å². The van der Waals surface area contributed by atoms with Crippen LogP contribution in [0.15, 0.2) is 79.4 Å². The van der Waals surface area contributed by atoms with E-state index >= 15 is 0 Å². The molecular weight excluding hydrogens is 428 g/mol. The molecule has 0 spiro atoms. The van der Waals surface area contributed by atoms with Crippen LogP contribution in [0.2, 0.25) is 0 Å². The molecule has 0 aliphatic carbocycles. The third-order valence-electron chi connectivity index (χ3n) is 6.25. The zero-order valence-corrected chi connectivity index (χ0v) is 19.5. The monoisotopic (exact) mass is 454 g/mol. The van der Waals surface area contributed by atoms with E-state index in [1.807, 2.05) is 61.2 Å². The molecule has 6 nitrogen and oxygen atoms in total. The molecule has 0 unspecified atom stereocenters. The number of pyridine rings is 3. The molecule has 5 rings (SSSR count). The highest BCUT2D eigenvalue weighted by atomic mass is 32.1. The van der Waals surface area contributed by atoms with Crippen LogP contribution in [0.1, 0.15) is 46.0 Å². The number of nitrogens with zero attached hydrogens (tertiary/aromatic N) is 5. The molecule has 33 heavy (non-hydrogen) atoms. The van der Waals surface area contributed by atoms with E-state index in [4.69, 9.17) is 12.2 Å². The largest absolute Gasteiger partial charge is 0.352 e. The number of aromatic nitrogens is 4. The number of nitrogens with one attached hydrogen (secondary N) is 1. The number of aryl methyl sites for hydroxylation is 1. The Kier molecular flexibility index (Phi) is 5.88. The van der Waals surface area contributed by atoms with Gasteiger partial charge in [-0.2, -0.15) is 0 Å². The molecule has 1 fully saturated rings. The van der Waals surface area contributed by atoms with Crippen LogP contribution in [0.25, 0.3) is 0 Å². The van der Waals surface area contributed by atoms with Crippen molar-refractivity contribution in [2.24, 2.45) is 0 Å². The standard InChI is InChI=1S/C26H26N6S/c1-18-14-22(19(2)31(18)16-20-8-7-11-27-15-20)25-24(23-10-4-6-13-29-23)30-26(33)32(25)17-21-9-3-5-12-28-21/h3-15,24-25H,16-17H2,1-2H3,(H,30,33)/t24-,25-/m1/s1. The fraction of sp³-hybridized carbons (Fsp3) is 0.231. The Morgan fingerprint density at radius 3 is 2.45 bits per heavy atom. The summed E-state index contributed by atoms with van der Waals surface area (Å²) in [5.41, 5.74) is 6.82. The van der Waals surface area contributed by atoms with Crippen molar-refractivity contribution in [2.45, 2.75) is 39.0 Å². The molecule has 0 aromatic carbocycles. The number of rotatable bonds is 6. The van der Waals surface area contributed by atoms with E-state index in [9.17, 15) is 0 Å². The molecule has 4 aromatic heterocycles. The Hall–Kier alpha value is -3.58. The van der Waals surface area contributed by atoms with Gasteiger partial charge in [-0.15, -0.1) is 0 Å². The highest BCUT2D eigenvalue weighted by Gasteiger charge is 2.41. The maximum Gasteiger partial charge on any atom is 0.170 e. The molecule has 0 saturated carbocycles. The topological polar surface area (TPSA) is 58.9 Å². The van der Waals surface area contributed by atoms with Gasteiger partial charge in [-0.1, -0.05) is 18.2 Å². The minimum Gasteiger partial charge on any atom is -0.352 e. The lowest BCUT2D eigenvalue weighted by molar-refractivity contribution is 0.307. The normalized spacial score (nSPS) is 17.9. The summed E-state index contributed by atoms with van der Waals surface area (Å²) in [5.74, 6) is 0. The van der Waals surface area contributed by atoms with Gasteiger partial charge in [0.15, 0.2) is 5.11 Å². The molecule has 2 atom stereocenters. The SMILES string of the molecule is Cc1cc([C@@H]2[C@@H](c3ccccn3)NC(=S)N2Cc2ccccn2)c(C)n1Cc1cccnc1. The Bertz CT molecular complexity index is 1240. The van der Waals surface area contributed by atoms with Crippen LogP contribution in [0.5, 0.6) is 0 Å². The molecule has 1 aliphatic heterocycles. The van der Waals surface area contributed by atoms with Crippen LogP contribution < -0.4 is 5.32 Å². The Balaban J connectivity index is 1.56. The van der Waals surface area contributed by atoms with E-state index < -0.39 is 0 Å². The van der Waals surface area contributed by atoms with Gasteiger partial charge >= 0.3 is 0 Å². The first-order valence-electron chi connectivity index (χ1n) is 11.1. The van der Waals surface area contributed by atoms with E-state index in [2.05, 4.69) is 61.8 Å². The molecule has 7 heteroatoms. The summed E-state index contributed by atoms with van der Waals surface area (Å²) in [5, 5.41) is 4.26. The lowest BCUT2D eigenvalue weighted by Crippen LogP contribution is -2.29. The van der Waals surface area contributed by atoms with E-state index in [1.54, 1.807) is 0 Å². The predicted octanol–water partition coefficient (Wildman–Crippen LogP) is 4.51. The highest BCUT2D eigenvalue weighted by molar-refractivity contribution is 7.80. The minimum absolute atomic E-state index is 0.00301. The molecule has 1 N–H and O–H groups in total. The van der Waals surface area contributed by atoms with Gasteiger partial charge < -0.3 is 14.8 Å². The lowest BCUT2D eigenvalue weighted by Gasteiger charge is -2.28. The molecule has 1 saturated heterocycles.